The summed E-state index contributed by atoms with van der Waals surface area (Å²) in [6, 6.07) is 0.804. The molecule has 0 aromatic carbocycles. The second-order valence-corrected chi connectivity index (χ2v) is 6.23. The van der Waals surface area contributed by atoms with Crippen molar-refractivity contribution in [3.05, 3.63) is 0 Å². The van der Waals surface area contributed by atoms with Gasteiger partial charge >= 0.3 is 0 Å². The average molecular weight is 238 g/mol. The summed E-state index contributed by atoms with van der Waals surface area (Å²) in [6.07, 6.45) is 11.3. The van der Waals surface area contributed by atoms with Crippen LogP contribution in [0.4, 0.5) is 0 Å². The second-order valence-electron chi connectivity index (χ2n) is 6.23. The second kappa shape index (κ2) is 6.75. The van der Waals surface area contributed by atoms with E-state index in [0.29, 0.717) is 0 Å². The van der Waals surface area contributed by atoms with Gasteiger partial charge in [0, 0.05) is 12.6 Å². The molecule has 0 spiro atoms. The van der Waals surface area contributed by atoms with E-state index in [1.165, 1.54) is 64.5 Å². The SMILES string of the molecule is CC1CCCCCN1CC1CCCCC1CN. The van der Waals surface area contributed by atoms with Crippen molar-refractivity contribution in [2.24, 2.45) is 17.6 Å². The normalized spacial score (nSPS) is 36.7. The smallest absolute Gasteiger partial charge is 0.00670 e. The lowest BCUT2D eigenvalue weighted by atomic mass is 9.79. The van der Waals surface area contributed by atoms with E-state index in [-0.39, 0.29) is 0 Å². The molecule has 2 nitrogen and oxygen atoms in total. The van der Waals surface area contributed by atoms with Crippen LogP contribution in [0.3, 0.4) is 0 Å². The van der Waals surface area contributed by atoms with Gasteiger partial charge in [-0.1, -0.05) is 25.7 Å². The Hall–Kier alpha value is -0.0800. The molecule has 0 bridgehead atoms. The van der Waals surface area contributed by atoms with Crippen molar-refractivity contribution in [2.75, 3.05) is 19.6 Å². The molecule has 2 fully saturated rings. The van der Waals surface area contributed by atoms with Crippen molar-refractivity contribution < 1.29 is 0 Å². The Kier molecular flexibility index (Phi) is 5.30. The minimum atomic E-state index is 0.804. The van der Waals surface area contributed by atoms with Crippen LogP contribution in [0.25, 0.3) is 0 Å². The molecule has 1 aliphatic heterocycles. The topological polar surface area (TPSA) is 29.3 Å². The van der Waals surface area contributed by atoms with Crippen LogP contribution in [0.5, 0.6) is 0 Å². The largest absolute Gasteiger partial charge is 0.330 e. The highest BCUT2D eigenvalue weighted by molar-refractivity contribution is 4.81. The summed E-state index contributed by atoms with van der Waals surface area (Å²) in [7, 11) is 0. The molecule has 17 heavy (non-hydrogen) atoms. The van der Waals surface area contributed by atoms with Crippen molar-refractivity contribution in [2.45, 2.75) is 64.3 Å². The third-order valence-electron chi connectivity index (χ3n) is 5.03. The minimum absolute atomic E-state index is 0.804. The first-order valence-electron chi connectivity index (χ1n) is 7.75. The van der Waals surface area contributed by atoms with Gasteiger partial charge in [-0.25, -0.2) is 0 Å². The molecule has 1 saturated carbocycles. The van der Waals surface area contributed by atoms with Gasteiger partial charge in [0.05, 0.1) is 0 Å². The Balaban J connectivity index is 1.88. The fraction of sp³-hybridized carbons (Fsp3) is 1.00. The van der Waals surface area contributed by atoms with Crippen LogP contribution in [0.1, 0.15) is 58.3 Å². The van der Waals surface area contributed by atoms with Crippen LogP contribution < -0.4 is 5.73 Å². The number of likely N-dealkylation sites (tertiary alicyclic amines) is 1. The Labute approximate surface area is 107 Å². The Morgan fingerprint density at radius 1 is 0.941 bits per heavy atom. The summed E-state index contributed by atoms with van der Waals surface area (Å²) in [6.45, 7) is 5.98. The Morgan fingerprint density at radius 3 is 2.41 bits per heavy atom. The van der Waals surface area contributed by atoms with E-state index in [9.17, 15) is 0 Å². The van der Waals surface area contributed by atoms with Gasteiger partial charge in [0.2, 0.25) is 0 Å². The van der Waals surface area contributed by atoms with E-state index >= 15 is 0 Å². The molecule has 0 amide bonds. The third kappa shape index (κ3) is 3.69. The van der Waals surface area contributed by atoms with Gasteiger partial charge in [0.25, 0.3) is 0 Å². The number of hydrogen-bond donors (Lipinski definition) is 1. The van der Waals surface area contributed by atoms with Crippen LogP contribution in [-0.4, -0.2) is 30.6 Å². The van der Waals surface area contributed by atoms with E-state index in [2.05, 4.69) is 11.8 Å². The molecule has 2 rings (SSSR count). The maximum Gasteiger partial charge on any atom is 0.00670 e. The van der Waals surface area contributed by atoms with Crippen molar-refractivity contribution in [3.8, 4) is 0 Å². The van der Waals surface area contributed by atoms with Crippen LogP contribution >= 0.6 is 0 Å². The first kappa shape index (κ1) is 13.4. The average Bonchev–Trinajstić information content (AvgIpc) is 2.56. The third-order valence-corrected chi connectivity index (χ3v) is 5.03. The van der Waals surface area contributed by atoms with E-state index < -0.39 is 0 Å². The summed E-state index contributed by atoms with van der Waals surface area (Å²) < 4.78 is 0. The number of rotatable bonds is 3. The van der Waals surface area contributed by atoms with Crippen LogP contribution in [-0.2, 0) is 0 Å². The minimum Gasteiger partial charge on any atom is -0.330 e. The molecule has 2 N–H and O–H groups in total. The molecule has 3 atom stereocenters. The summed E-state index contributed by atoms with van der Waals surface area (Å²) >= 11 is 0. The van der Waals surface area contributed by atoms with Gasteiger partial charge in [-0.3, -0.25) is 0 Å². The molecule has 1 saturated heterocycles. The van der Waals surface area contributed by atoms with Crippen LogP contribution in [0.15, 0.2) is 0 Å². The fourth-order valence-corrected chi connectivity index (χ4v) is 3.74. The number of nitrogens with two attached hydrogens (primary N) is 1. The number of hydrogen-bond acceptors (Lipinski definition) is 2. The monoisotopic (exact) mass is 238 g/mol. The molecule has 0 radical (unpaired) electrons. The van der Waals surface area contributed by atoms with E-state index in [1.54, 1.807) is 0 Å². The maximum atomic E-state index is 5.95. The maximum absolute atomic E-state index is 5.95. The van der Waals surface area contributed by atoms with Crippen molar-refractivity contribution in [1.82, 2.24) is 4.90 Å². The van der Waals surface area contributed by atoms with E-state index in [1.807, 2.05) is 0 Å². The van der Waals surface area contributed by atoms with Gasteiger partial charge in [0.15, 0.2) is 0 Å². The molecule has 1 heterocycles. The summed E-state index contributed by atoms with van der Waals surface area (Å²) in [5.74, 6) is 1.69. The van der Waals surface area contributed by atoms with Gasteiger partial charge in [-0.15, -0.1) is 0 Å². The summed E-state index contributed by atoms with van der Waals surface area (Å²) in [5.41, 5.74) is 5.95. The van der Waals surface area contributed by atoms with Crippen LogP contribution in [0.2, 0.25) is 0 Å². The Morgan fingerprint density at radius 2 is 1.65 bits per heavy atom. The van der Waals surface area contributed by atoms with Crippen molar-refractivity contribution >= 4 is 0 Å². The first-order valence-corrected chi connectivity index (χ1v) is 7.75. The molecule has 0 aromatic heterocycles. The fourth-order valence-electron chi connectivity index (χ4n) is 3.74. The quantitative estimate of drug-likeness (QED) is 0.819. The van der Waals surface area contributed by atoms with Gasteiger partial charge in [-0.2, -0.15) is 0 Å². The zero-order valence-corrected chi connectivity index (χ0v) is 11.5. The lowest BCUT2D eigenvalue weighted by Gasteiger charge is -2.37. The molecule has 1 aliphatic carbocycles. The highest BCUT2D eigenvalue weighted by Gasteiger charge is 2.27. The molecule has 2 heteroatoms. The lowest BCUT2D eigenvalue weighted by molar-refractivity contribution is 0.126. The molecule has 100 valence electrons. The first-order chi connectivity index (χ1) is 8.31. The molecule has 2 aliphatic rings. The van der Waals surface area contributed by atoms with Crippen molar-refractivity contribution in [1.29, 1.82) is 0 Å². The zero-order chi connectivity index (χ0) is 12.1. The summed E-state index contributed by atoms with van der Waals surface area (Å²) in [4.78, 5) is 2.76. The van der Waals surface area contributed by atoms with Gasteiger partial charge < -0.3 is 10.6 Å². The highest BCUT2D eigenvalue weighted by Crippen LogP contribution is 2.31. The highest BCUT2D eigenvalue weighted by atomic mass is 15.2. The lowest BCUT2D eigenvalue weighted by Crippen LogP contribution is -2.41. The van der Waals surface area contributed by atoms with E-state index in [4.69, 9.17) is 5.73 Å². The standard InChI is InChI=1S/C15H30N2/c1-13-7-3-2-6-10-17(13)12-15-9-5-4-8-14(15)11-16/h13-15H,2-12,16H2,1H3. The molecular formula is C15H30N2. The molecular weight excluding hydrogens is 208 g/mol. The zero-order valence-electron chi connectivity index (χ0n) is 11.5. The summed E-state index contributed by atoms with van der Waals surface area (Å²) in [5, 5.41) is 0. The molecule has 3 unspecified atom stereocenters. The van der Waals surface area contributed by atoms with Crippen LogP contribution in [0, 0.1) is 11.8 Å². The predicted molar refractivity (Wildman–Crippen MR) is 74.0 cm³/mol. The Bertz CT molecular complexity index is 217. The van der Waals surface area contributed by atoms with Gasteiger partial charge in [0.1, 0.15) is 0 Å². The molecule has 0 aromatic rings. The van der Waals surface area contributed by atoms with E-state index in [0.717, 1.165) is 24.4 Å². The van der Waals surface area contributed by atoms with Gasteiger partial charge in [-0.05, 0) is 57.5 Å². The number of nitrogens with zero attached hydrogens (tertiary/aromatic N) is 1. The van der Waals surface area contributed by atoms with Crippen molar-refractivity contribution in [3.63, 3.8) is 0 Å². The predicted octanol–water partition coefficient (Wildman–Crippen LogP) is 3.02.